The van der Waals surface area contributed by atoms with Crippen LogP contribution in [0.1, 0.15) is 134 Å². The van der Waals surface area contributed by atoms with Gasteiger partial charge in [0.2, 0.25) is 94.5 Å². The molecule has 3 fully saturated rings. The van der Waals surface area contributed by atoms with E-state index in [9.17, 15) is 78.0 Å². The number of aromatic amines is 2. The maximum Gasteiger partial charge on any atom is 0.305 e. The minimum absolute atomic E-state index is 0.0199. The molecule has 15 atom stereocenters. The summed E-state index contributed by atoms with van der Waals surface area (Å²) >= 11 is 0.763. The third kappa shape index (κ3) is 29.3. The highest BCUT2D eigenvalue weighted by Gasteiger charge is 2.47. The third-order valence-electron chi connectivity index (χ3n) is 23.6. The number of rotatable bonds is 27. The number of methoxy groups -OCH3 is 1. The van der Waals surface area contributed by atoms with Gasteiger partial charge in [0.1, 0.15) is 90.3 Å². The molecule has 724 valence electrons. The van der Waals surface area contributed by atoms with Gasteiger partial charge in [-0.25, -0.2) is 0 Å². The number of hydrogen-bond acceptors (Lipinski definition) is 24. The first-order valence-electron chi connectivity index (χ1n) is 44.1. The molecule has 5 heterocycles. The average molecular weight is 1880 g/mol. The molecule has 0 aliphatic carbocycles. The zero-order valence-electron chi connectivity index (χ0n) is 75.3. The number of aromatic nitrogens is 2. The molecule has 0 saturated carbocycles. The molecule has 0 spiro atoms. The lowest BCUT2D eigenvalue weighted by atomic mass is 9.99. The summed E-state index contributed by atoms with van der Waals surface area (Å²) in [4.78, 5) is 284. The van der Waals surface area contributed by atoms with E-state index in [4.69, 9.17) is 21.9 Å². The molecule has 3 aliphatic rings. The van der Waals surface area contributed by atoms with Crippen molar-refractivity contribution in [2.45, 2.75) is 227 Å². The van der Waals surface area contributed by atoms with Crippen molar-refractivity contribution in [3.05, 3.63) is 102 Å². The number of fused-ring (bicyclic) bond motifs is 4. The lowest BCUT2D eigenvalue weighted by Gasteiger charge is -2.36. The lowest BCUT2D eigenvalue weighted by molar-refractivity contribution is -0.149. The number of carboxylic acid groups (broad SMARTS) is 3. The van der Waals surface area contributed by atoms with Gasteiger partial charge in [0.25, 0.3) is 0 Å². The molecule has 5 aromatic rings. The smallest absolute Gasteiger partial charge is 0.305 e. The number of ether oxygens (including phenoxy) is 1. The largest absolute Gasteiger partial charge is 0.497 e. The molecule has 1 unspecified atom stereocenters. The number of aliphatic hydroxyl groups excluding tert-OH is 1. The number of amides is 16. The van der Waals surface area contributed by atoms with Crippen molar-refractivity contribution in [3.63, 3.8) is 0 Å². The maximum absolute atomic E-state index is 15.7. The van der Waals surface area contributed by atoms with E-state index in [1.807, 2.05) is 13.8 Å². The second-order valence-corrected chi connectivity index (χ2v) is 34.2. The van der Waals surface area contributed by atoms with Crippen LogP contribution in [0.25, 0.3) is 21.8 Å². The van der Waals surface area contributed by atoms with Gasteiger partial charge in [-0.05, 0) is 99.4 Å². The van der Waals surface area contributed by atoms with Crippen LogP contribution in [0, 0.1) is 0 Å². The van der Waals surface area contributed by atoms with E-state index in [1.54, 1.807) is 79.0 Å². The highest BCUT2D eigenvalue weighted by Crippen LogP contribution is 2.28. The number of nitrogens with two attached hydrogens (primary N) is 3. The Bertz CT molecular complexity index is 5030. The Hall–Kier alpha value is -13.3. The van der Waals surface area contributed by atoms with E-state index in [0.29, 0.717) is 69.9 Å². The zero-order chi connectivity index (χ0) is 97.6. The molecule has 2 aromatic heterocycles. The van der Waals surface area contributed by atoms with Crippen LogP contribution in [-0.4, -0.2) is 330 Å². The normalized spacial score (nSPS) is 24.9. The molecular formula is C88H122N20O24S. The number of unbranched alkanes of at least 4 members (excludes halogenated alkanes) is 2. The number of aliphatic hydroxyl groups is 1. The summed E-state index contributed by atoms with van der Waals surface area (Å²) in [6.45, 7) is 2.54. The number of primary amides is 1. The maximum atomic E-state index is 15.7. The Morgan fingerprint density at radius 2 is 1.02 bits per heavy atom. The van der Waals surface area contributed by atoms with Gasteiger partial charge in [0.05, 0.1) is 38.4 Å². The van der Waals surface area contributed by atoms with Gasteiger partial charge >= 0.3 is 17.9 Å². The summed E-state index contributed by atoms with van der Waals surface area (Å²) in [7, 11) is 5.22. The van der Waals surface area contributed by atoms with Crippen LogP contribution in [0.4, 0.5) is 0 Å². The Kier molecular flexibility index (Phi) is 39.8. The summed E-state index contributed by atoms with van der Waals surface area (Å²) in [5.74, 6) is -21.8. The van der Waals surface area contributed by atoms with Crippen LogP contribution < -0.4 is 75.1 Å². The quantitative estimate of drug-likeness (QED) is 0.0245. The summed E-state index contributed by atoms with van der Waals surface area (Å²) in [6, 6.07) is -3.47. The number of thioether (sulfide) groups is 1. The zero-order valence-corrected chi connectivity index (χ0v) is 76.1. The number of para-hydroxylation sites is 2. The highest BCUT2D eigenvalue weighted by molar-refractivity contribution is 8.00. The predicted octanol–water partition coefficient (Wildman–Crippen LogP) is -3.26. The van der Waals surface area contributed by atoms with E-state index in [0.717, 1.165) is 36.3 Å². The number of carbonyl (C=O) groups is 19. The lowest BCUT2D eigenvalue weighted by Crippen LogP contribution is -2.61. The fourth-order valence-corrected chi connectivity index (χ4v) is 17.0. The van der Waals surface area contributed by atoms with E-state index in [1.165, 1.54) is 41.4 Å². The van der Waals surface area contributed by atoms with Gasteiger partial charge < -0.3 is 130 Å². The van der Waals surface area contributed by atoms with Crippen LogP contribution in [0.15, 0.2) is 85.2 Å². The minimum atomic E-state index is -2.09. The second kappa shape index (κ2) is 50.4. The molecule has 44 nitrogen and oxygen atoms in total. The number of carboxylic acids is 3. The van der Waals surface area contributed by atoms with Crippen LogP contribution in [0.5, 0.6) is 5.75 Å². The topological polar surface area (TPSA) is 661 Å². The van der Waals surface area contributed by atoms with Crippen LogP contribution in [0.2, 0.25) is 0 Å². The van der Waals surface area contributed by atoms with Crippen LogP contribution in [-0.2, 0) is 110 Å². The molecule has 0 bridgehead atoms. The molecule has 45 heteroatoms. The summed E-state index contributed by atoms with van der Waals surface area (Å²) < 4.78 is 5.32. The highest BCUT2D eigenvalue weighted by atomic mass is 32.2. The Morgan fingerprint density at radius 3 is 1.62 bits per heavy atom. The number of hydrogen-bond donors (Lipinski definition) is 19. The molecule has 16 amide bonds. The predicted molar refractivity (Wildman–Crippen MR) is 482 cm³/mol. The minimum Gasteiger partial charge on any atom is -0.497 e. The van der Waals surface area contributed by atoms with Crippen molar-refractivity contribution in [1.82, 2.24) is 87.6 Å². The Balaban J connectivity index is 1.20. The number of likely N-dealkylation sites (N-methyl/N-ethyl adjacent to an activating group) is 3. The monoisotopic (exact) mass is 1870 g/mol. The van der Waals surface area contributed by atoms with Crippen molar-refractivity contribution in [2.75, 3.05) is 72.5 Å². The molecular weight excluding hydrogens is 1750 g/mol. The van der Waals surface area contributed by atoms with Gasteiger partial charge in [-0.3, -0.25) is 91.1 Å². The Morgan fingerprint density at radius 1 is 0.511 bits per heavy atom. The summed E-state index contributed by atoms with van der Waals surface area (Å²) in [5.41, 5.74) is 19.9. The van der Waals surface area contributed by atoms with E-state index < -0.39 is 273 Å². The molecule has 133 heavy (non-hydrogen) atoms. The first-order valence-corrected chi connectivity index (χ1v) is 45.2. The van der Waals surface area contributed by atoms with Gasteiger partial charge in [-0.1, -0.05) is 88.1 Å². The summed E-state index contributed by atoms with van der Waals surface area (Å²) in [5, 5.41) is 68.4. The van der Waals surface area contributed by atoms with E-state index in [2.05, 4.69) is 63.1 Å². The molecule has 3 aromatic carbocycles. The SMILES string of the molecule is CCCC[C@H]1C(=O)N(C)[C@@H](CCCC)C(=O)N[C@@H](CCCN)C(=O)N[C@H](C(=O)NCC(N)=O)CSCC(=O)N[C@@H](Cc2ccc(OC)cc2)C(=O)N(C)[C@@H](C)C(=O)N[C@@H](CC(=O)O)C(=O)N2CCC[C@H]2C(=O)N[C@@H](CN)C(=O)N[C@@H](CCC(=O)O)C(=O)N2C[C@H](O)C[C@H]2C(=O)N[C@@H](Cc2c[nH]c3ccccc23)C(=O)NC(CC(=O)O)C(=O)N[C@@H](Cc2c[nH]c3ccccc23)C(=O)N1C. The number of nitrogens with one attached hydrogen (secondary N) is 12. The first kappa shape index (κ1) is 105. The summed E-state index contributed by atoms with van der Waals surface area (Å²) in [6.07, 6.45) is -2.37. The standard InChI is InChI=1S/C88H122N20O24S/c1-8-10-23-66-81(124)96-57(22-16-32-89)77(120)103-65(76(119)94-43-70(91)110)45-133-46-71(111)95-61(34-48-26-28-52(132-7)29-27-48)84(127)104(4)47(3)75(118)100-63(39-74(116)117)87(130)107-33-17-25-67(107)82(125)102-64(40-90)80(123)97-58(30-31-72(112)113)86(129)108-44-51(109)37-69(108)83(126)99-59(35-49-41-92-55-20-14-12-18-53(49)55)78(121)98-60(38-73(114)115)79(122)101-62(36-50-42-93-56-21-15-13-19-54(50)56)85(128)106(6)68(24-11-9-2)88(131)105(66)5/h12-15,18-21,26-29,41-42,47,51,57-69,92-93,109H,8-11,16-17,22-25,30-40,43-46,89-90H2,1-7H3,(H2,91,110)(H,94,119)(H,95,111)(H,96,124)(H,97,123)(H,98,121)(H,99,126)(H,100,118)(H,101,122)(H,102,125)(H,103,120)(H,112,113)(H,114,115)(H,116,117)/t47-,51+,57-,58-,59-,60?,61-,62-,63-,64-,65-,66-,67-,68-,69-/m0/s1. The fraction of sp³-hybridized carbons (Fsp3) is 0.534. The van der Waals surface area contributed by atoms with Gasteiger partial charge in [0, 0.05) is 113 Å². The third-order valence-corrected chi connectivity index (χ3v) is 24.7. The van der Waals surface area contributed by atoms with Crippen molar-refractivity contribution in [1.29, 1.82) is 0 Å². The van der Waals surface area contributed by atoms with Crippen molar-refractivity contribution in [2.24, 2.45) is 17.2 Å². The van der Waals surface area contributed by atoms with E-state index >= 15 is 33.6 Å². The number of benzene rings is 3. The van der Waals surface area contributed by atoms with Crippen molar-refractivity contribution >= 4 is 146 Å². The molecule has 3 aliphatic heterocycles. The van der Waals surface area contributed by atoms with Crippen molar-refractivity contribution in [3.8, 4) is 5.75 Å². The van der Waals surface area contributed by atoms with Gasteiger partial charge in [-0.15, -0.1) is 11.8 Å². The number of carbonyl (C=O) groups excluding carboxylic acids is 16. The first-order chi connectivity index (χ1) is 63.3. The van der Waals surface area contributed by atoms with E-state index in [-0.39, 0.29) is 64.5 Å². The van der Waals surface area contributed by atoms with Crippen molar-refractivity contribution < 1.29 is 116 Å². The fourth-order valence-electron chi connectivity index (χ4n) is 16.1. The number of aliphatic carboxylic acids is 3. The second-order valence-electron chi connectivity index (χ2n) is 33.2. The Labute approximate surface area is 770 Å². The van der Waals surface area contributed by atoms with Gasteiger partial charge in [0.15, 0.2) is 0 Å². The number of nitrogens with zero attached hydrogens (tertiary/aromatic N) is 5. The molecule has 8 rings (SSSR count). The molecule has 3 saturated heterocycles. The van der Waals surface area contributed by atoms with Gasteiger partial charge in [-0.2, -0.15) is 0 Å². The molecule has 22 N–H and O–H groups in total. The molecule has 0 radical (unpaired) electrons. The van der Waals surface area contributed by atoms with Crippen LogP contribution >= 0.6 is 11.8 Å². The average Bonchev–Trinajstić information content (AvgIpc) is 1.76. The van der Waals surface area contributed by atoms with Crippen LogP contribution in [0.3, 0.4) is 0 Å². The number of H-pyrrole nitrogens is 2.